The maximum Gasteiger partial charge on any atom is 0.306 e. The summed E-state index contributed by atoms with van der Waals surface area (Å²) in [5.41, 5.74) is 1.60. The smallest absolute Gasteiger partial charge is 0.283 e. The number of imide groups is 1. The van der Waals surface area contributed by atoms with Gasteiger partial charge in [-0.25, -0.2) is 4.90 Å². The zero-order valence-electron chi connectivity index (χ0n) is 8.40. The Morgan fingerprint density at radius 2 is 1.93 bits per heavy atom. The SMILES string of the molecule is CC(=O)N1C(=O)C(=O)c2cc(C)ccc21. The van der Waals surface area contributed by atoms with Crippen molar-refractivity contribution in [3.8, 4) is 0 Å². The number of nitrogens with zero attached hydrogens (tertiary/aromatic N) is 1. The minimum Gasteiger partial charge on any atom is -0.283 e. The molecule has 0 bridgehead atoms. The average molecular weight is 203 g/mol. The summed E-state index contributed by atoms with van der Waals surface area (Å²) < 4.78 is 0. The number of carbonyl (C=O) groups excluding carboxylic acids is 3. The van der Waals surface area contributed by atoms with Crippen LogP contribution in [-0.4, -0.2) is 17.6 Å². The van der Waals surface area contributed by atoms with Crippen LogP contribution >= 0.6 is 0 Å². The molecule has 2 amide bonds. The number of aryl methyl sites for hydroxylation is 1. The number of rotatable bonds is 0. The molecule has 1 heterocycles. The van der Waals surface area contributed by atoms with Crippen LogP contribution < -0.4 is 4.90 Å². The van der Waals surface area contributed by atoms with E-state index in [-0.39, 0.29) is 0 Å². The lowest BCUT2D eigenvalue weighted by Crippen LogP contribution is -2.33. The van der Waals surface area contributed by atoms with Gasteiger partial charge in [-0.05, 0) is 19.1 Å². The van der Waals surface area contributed by atoms with Crippen LogP contribution in [0.4, 0.5) is 5.69 Å². The van der Waals surface area contributed by atoms with E-state index in [0.29, 0.717) is 11.3 Å². The topological polar surface area (TPSA) is 54.5 Å². The fraction of sp³-hybridized carbons (Fsp3) is 0.182. The monoisotopic (exact) mass is 203 g/mol. The molecule has 0 unspecified atom stereocenters. The van der Waals surface area contributed by atoms with E-state index in [9.17, 15) is 14.4 Å². The Morgan fingerprint density at radius 3 is 2.53 bits per heavy atom. The Morgan fingerprint density at radius 1 is 1.27 bits per heavy atom. The largest absolute Gasteiger partial charge is 0.306 e. The van der Waals surface area contributed by atoms with Gasteiger partial charge in [0.1, 0.15) is 0 Å². The number of anilines is 1. The Bertz CT molecular complexity index is 491. The van der Waals surface area contributed by atoms with Gasteiger partial charge in [-0.1, -0.05) is 11.6 Å². The van der Waals surface area contributed by atoms with Crippen LogP contribution in [0.3, 0.4) is 0 Å². The predicted octanol–water partition coefficient (Wildman–Crippen LogP) is 1.07. The second-order valence-corrected chi connectivity index (χ2v) is 3.51. The molecule has 0 aliphatic carbocycles. The molecule has 4 heteroatoms. The third-order valence-electron chi connectivity index (χ3n) is 2.35. The molecule has 0 N–H and O–H groups in total. The first-order chi connectivity index (χ1) is 7.02. The minimum atomic E-state index is -0.761. The van der Waals surface area contributed by atoms with Gasteiger partial charge in [0.2, 0.25) is 5.91 Å². The Kier molecular flexibility index (Phi) is 1.93. The molecular weight excluding hydrogens is 194 g/mol. The van der Waals surface area contributed by atoms with Crippen molar-refractivity contribution in [3.05, 3.63) is 29.3 Å². The highest BCUT2D eigenvalue weighted by molar-refractivity contribution is 6.56. The molecular formula is C11H9NO3. The number of benzene rings is 1. The first-order valence-electron chi connectivity index (χ1n) is 4.52. The lowest BCUT2D eigenvalue weighted by atomic mass is 10.1. The van der Waals surface area contributed by atoms with Crippen molar-refractivity contribution in [1.82, 2.24) is 0 Å². The number of carbonyl (C=O) groups is 3. The summed E-state index contributed by atoms with van der Waals surface area (Å²) >= 11 is 0. The quantitative estimate of drug-likeness (QED) is 0.592. The highest BCUT2D eigenvalue weighted by Crippen LogP contribution is 2.29. The Labute approximate surface area is 86.5 Å². The molecule has 1 aliphatic heterocycles. The fourth-order valence-corrected chi connectivity index (χ4v) is 1.67. The zero-order valence-corrected chi connectivity index (χ0v) is 8.40. The van der Waals surface area contributed by atoms with Crippen molar-refractivity contribution in [3.63, 3.8) is 0 Å². The highest BCUT2D eigenvalue weighted by Gasteiger charge is 2.37. The van der Waals surface area contributed by atoms with E-state index in [1.54, 1.807) is 18.2 Å². The van der Waals surface area contributed by atoms with Crippen LogP contribution in [0.1, 0.15) is 22.8 Å². The minimum absolute atomic E-state index is 0.315. The molecule has 1 aromatic rings. The lowest BCUT2D eigenvalue weighted by molar-refractivity contribution is -0.122. The highest BCUT2D eigenvalue weighted by atomic mass is 16.2. The van der Waals surface area contributed by atoms with Crippen molar-refractivity contribution < 1.29 is 14.4 Å². The predicted molar refractivity (Wildman–Crippen MR) is 53.7 cm³/mol. The third kappa shape index (κ3) is 1.26. The van der Waals surface area contributed by atoms with Gasteiger partial charge in [0.15, 0.2) is 0 Å². The van der Waals surface area contributed by atoms with Crippen LogP contribution in [0, 0.1) is 6.92 Å². The molecule has 0 fully saturated rings. The standard InChI is InChI=1S/C11H9NO3/c1-6-3-4-9-8(5-6)10(14)11(15)12(9)7(2)13/h3-5H,1-2H3. The summed E-state index contributed by atoms with van der Waals surface area (Å²) in [5, 5.41) is 0. The van der Waals surface area contributed by atoms with Gasteiger partial charge in [-0.15, -0.1) is 0 Å². The summed E-state index contributed by atoms with van der Waals surface area (Å²) in [5.74, 6) is -1.80. The summed E-state index contributed by atoms with van der Waals surface area (Å²) in [6.07, 6.45) is 0. The summed E-state index contributed by atoms with van der Waals surface area (Å²) in [4.78, 5) is 35.1. The molecule has 0 aromatic heterocycles. The van der Waals surface area contributed by atoms with E-state index in [0.717, 1.165) is 10.5 Å². The molecule has 0 atom stereocenters. The number of Topliss-reactive ketones (excluding diaryl/α,β-unsaturated/α-hetero) is 1. The van der Waals surface area contributed by atoms with Crippen molar-refractivity contribution in [1.29, 1.82) is 0 Å². The second kappa shape index (κ2) is 3.02. The van der Waals surface area contributed by atoms with Crippen molar-refractivity contribution in [2.75, 3.05) is 4.90 Å². The fourth-order valence-electron chi connectivity index (χ4n) is 1.67. The number of ketones is 1. The summed E-state index contributed by atoms with van der Waals surface area (Å²) in [6.45, 7) is 3.09. The van der Waals surface area contributed by atoms with Crippen LogP contribution in [0.15, 0.2) is 18.2 Å². The Balaban J connectivity index is 2.66. The molecule has 0 spiro atoms. The maximum absolute atomic E-state index is 11.5. The van der Waals surface area contributed by atoms with Gasteiger partial charge < -0.3 is 0 Å². The molecule has 2 rings (SSSR count). The third-order valence-corrected chi connectivity index (χ3v) is 2.35. The first kappa shape index (κ1) is 9.58. The van der Waals surface area contributed by atoms with E-state index < -0.39 is 17.6 Å². The van der Waals surface area contributed by atoms with E-state index in [1.165, 1.54) is 6.92 Å². The van der Waals surface area contributed by atoms with Gasteiger partial charge >= 0.3 is 5.91 Å². The molecule has 15 heavy (non-hydrogen) atoms. The van der Waals surface area contributed by atoms with E-state index in [1.807, 2.05) is 6.92 Å². The van der Waals surface area contributed by atoms with Gasteiger partial charge in [-0.2, -0.15) is 0 Å². The van der Waals surface area contributed by atoms with Crippen molar-refractivity contribution in [2.24, 2.45) is 0 Å². The first-order valence-corrected chi connectivity index (χ1v) is 4.52. The van der Waals surface area contributed by atoms with Crippen LogP contribution in [0.2, 0.25) is 0 Å². The molecule has 1 aromatic carbocycles. The van der Waals surface area contributed by atoms with E-state index in [2.05, 4.69) is 0 Å². The van der Waals surface area contributed by atoms with Gasteiger partial charge in [0.25, 0.3) is 5.78 Å². The van der Waals surface area contributed by atoms with Gasteiger partial charge in [-0.3, -0.25) is 14.4 Å². The molecule has 1 aliphatic rings. The zero-order chi connectivity index (χ0) is 11.2. The van der Waals surface area contributed by atoms with Crippen LogP contribution in [0.5, 0.6) is 0 Å². The molecule has 4 nitrogen and oxygen atoms in total. The average Bonchev–Trinajstić information content (AvgIpc) is 2.41. The molecule has 0 radical (unpaired) electrons. The van der Waals surface area contributed by atoms with Crippen LogP contribution in [-0.2, 0) is 9.59 Å². The Hall–Kier alpha value is -1.97. The van der Waals surface area contributed by atoms with Crippen molar-refractivity contribution in [2.45, 2.75) is 13.8 Å². The summed E-state index contributed by atoms with van der Waals surface area (Å²) in [7, 11) is 0. The maximum atomic E-state index is 11.5. The second-order valence-electron chi connectivity index (χ2n) is 3.51. The lowest BCUT2D eigenvalue weighted by Gasteiger charge is -2.10. The van der Waals surface area contributed by atoms with Crippen molar-refractivity contribution >= 4 is 23.3 Å². The van der Waals surface area contributed by atoms with Crippen LogP contribution in [0.25, 0.3) is 0 Å². The number of hydrogen-bond donors (Lipinski definition) is 0. The van der Waals surface area contributed by atoms with Gasteiger partial charge in [0.05, 0.1) is 11.3 Å². The van der Waals surface area contributed by atoms with E-state index in [4.69, 9.17) is 0 Å². The van der Waals surface area contributed by atoms with Gasteiger partial charge in [0, 0.05) is 6.92 Å². The number of fused-ring (bicyclic) bond motifs is 1. The normalized spacial score (nSPS) is 14.4. The molecule has 76 valence electrons. The molecule has 0 saturated carbocycles. The number of hydrogen-bond acceptors (Lipinski definition) is 3. The van der Waals surface area contributed by atoms with E-state index >= 15 is 0 Å². The molecule has 0 saturated heterocycles. The summed E-state index contributed by atoms with van der Waals surface area (Å²) in [6, 6.07) is 5.01. The number of amides is 2.